The number of hydrogen-bond donors (Lipinski definition) is 2. The summed E-state index contributed by atoms with van der Waals surface area (Å²) in [6, 6.07) is -0.630. The Morgan fingerprint density at radius 1 is 1.35 bits per heavy atom. The Bertz CT molecular complexity index is 434. The molecule has 7 nitrogen and oxygen atoms in total. The summed E-state index contributed by atoms with van der Waals surface area (Å²) in [6.07, 6.45) is 1.83. The fraction of sp³-hybridized carbons (Fsp3) is 0.750. The van der Waals surface area contributed by atoms with Gasteiger partial charge in [0.15, 0.2) is 0 Å². The van der Waals surface area contributed by atoms with E-state index < -0.39 is 28.0 Å². The molecule has 0 aromatic carbocycles. The highest BCUT2D eigenvalue weighted by molar-refractivity contribution is 7.86. The molecule has 2 unspecified atom stereocenters. The van der Waals surface area contributed by atoms with Crippen molar-refractivity contribution in [2.24, 2.45) is 5.41 Å². The molecule has 1 aliphatic rings. The number of rotatable bonds is 6. The molecule has 20 heavy (non-hydrogen) atoms. The summed E-state index contributed by atoms with van der Waals surface area (Å²) in [5.41, 5.74) is -0.306. The van der Waals surface area contributed by atoms with Crippen LogP contribution in [0, 0.1) is 5.41 Å². The first kappa shape index (κ1) is 16.6. The monoisotopic (exact) mass is 304 g/mol. The molecule has 3 amide bonds. The van der Waals surface area contributed by atoms with Gasteiger partial charge in [0.2, 0.25) is 5.91 Å². The van der Waals surface area contributed by atoms with Crippen molar-refractivity contribution in [3.63, 3.8) is 0 Å². The first-order valence-corrected chi connectivity index (χ1v) is 7.68. The van der Waals surface area contributed by atoms with E-state index in [-0.39, 0.29) is 23.6 Å². The highest BCUT2D eigenvalue weighted by Gasteiger charge is 2.47. The Balaban J connectivity index is 2.51. The molecule has 1 aliphatic carbocycles. The van der Waals surface area contributed by atoms with Crippen molar-refractivity contribution in [2.75, 3.05) is 19.9 Å². The van der Waals surface area contributed by atoms with Crippen LogP contribution in [0.4, 0.5) is 4.79 Å². The van der Waals surface area contributed by atoms with Gasteiger partial charge in [-0.1, -0.05) is 0 Å². The first-order valence-electron chi connectivity index (χ1n) is 6.30. The molecule has 0 bridgehead atoms. The maximum absolute atomic E-state index is 12.1. The van der Waals surface area contributed by atoms with Gasteiger partial charge in [-0.15, -0.1) is 0 Å². The SMILES string of the molecule is CNC(=O)NC(=O)C(C)S(=O)CC1(CC(=O)OC)CC1. The highest BCUT2D eigenvalue weighted by atomic mass is 32.2. The largest absolute Gasteiger partial charge is 0.469 e. The second-order valence-corrected chi connectivity index (χ2v) is 6.75. The summed E-state index contributed by atoms with van der Waals surface area (Å²) >= 11 is 0. The lowest BCUT2D eigenvalue weighted by Crippen LogP contribution is -2.44. The van der Waals surface area contributed by atoms with Crippen LogP contribution in [0.2, 0.25) is 0 Å². The molecule has 2 N–H and O–H groups in total. The van der Waals surface area contributed by atoms with Gasteiger partial charge in [0.25, 0.3) is 0 Å². The third-order valence-electron chi connectivity index (χ3n) is 3.38. The Labute approximate surface area is 120 Å². The third-order valence-corrected chi connectivity index (χ3v) is 5.28. The molecule has 0 spiro atoms. The average Bonchev–Trinajstić information content (AvgIpc) is 3.16. The van der Waals surface area contributed by atoms with E-state index in [2.05, 4.69) is 15.4 Å². The maximum Gasteiger partial charge on any atom is 0.321 e. The van der Waals surface area contributed by atoms with Crippen LogP contribution in [0.5, 0.6) is 0 Å². The predicted octanol–water partition coefficient (Wildman–Crippen LogP) is -0.0775. The molecule has 8 heteroatoms. The van der Waals surface area contributed by atoms with E-state index in [9.17, 15) is 18.6 Å². The number of carbonyl (C=O) groups excluding carboxylic acids is 3. The second kappa shape index (κ2) is 6.83. The summed E-state index contributed by atoms with van der Waals surface area (Å²) < 4.78 is 16.8. The van der Waals surface area contributed by atoms with Gasteiger partial charge in [-0.25, -0.2) is 4.79 Å². The first-order chi connectivity index (χ1) is 9.33. The van der Waals surface area contributed by atoms with Crippen LogP contribution in [-0.4, -0.2) is 47.3 Å². The van der Waals surface area contributed by atoms with Crippen LogP contribution in [0.1, 0.15) is 26.2 Å². The standard InChI is InChI=1S/C12H20N2O5S/c1-8(10(16)14-11(17)13-2)20(18)7-12(4-5-12)6-9(15)19-3/h8H,4-7H2,1-3H3,(H2,13,14,16,17). The van der Waals surface area contributed by atoms with Crippen LogP contribution in [0.15, 0.2) is 0 Å². The van der Waals surface area contributed by atoms with E-state index in [1.807, 2.05) is 0 Å². The van der Waals surface area contributed by atoms with E-state index >= 15 is 0 Å². The molecule has 0 saturated heterocycles. The van der Waals surface area contributed by atoms with Gasteiger partial charge in [0.1, 0.15) is 5.25 Å². The summed E-state index contributed by atoms with van der Waals surface area (Å²) in [5, 5.41) is 3.54. The van der Waals surface area contributed by atoms with Gasteiger partial charge in [-0.3, -0.25) is 19.1 Å². The minimum atomic E-state index is -1.44. The molecular weight excluding hydrogens is 284 g/mol. The molecule has 0 heterocycles. The third kappa shape index (κ3) is 4.59. The van der Waals surface area contributed by atoms with Crippen LogP contribution in [0.3, 0.4) is 0 Å². The zero-order valence-electron chi connectivity index (χ0n) is 11.9. The van der Waals surface area contributed by atoms with Gasteiger partial charge in [0, 0.05) is 23.6 Å². The minimum Gasteiger partial charge on any atom is -0.469 e. The minimum absolute atomic E-state index is 0.221. The lowest BCUT2D eigenvalue weighted by Gasteiger charge is -2.16. The molecular formula is C12H20N2O5S. The number of urea groups is 1. The summed E-state index contributed by atoms with van der Waals surface area (Å²) in [7, 11) is 1.26. The van der Waals surface area contributed by atoms with E-state index in [0.717, 1.165) is 12.8 Å². The molecule has 0 aromatic heterocycles. The number of carbonyl (C=O) groups is 3. The lowest BCUT2D eigenvalue weighted by molar-refractivity contribution is -0.141. The molecule has 114 valence electrons. The molecule has 0 radical (unpaired) electrons. The molecule has 1 saturated carbocycles. The number of methoxy groups -OCH3 is 1. The number of hydrogen-bond acceptors (Lipinski definition) is 5. The van der Waals surface area contributed by atoms with E-state index in [0.29, 0.717) is 0 Å². The lowest BCUT2D eigenvalue weighted by atomic mass is 10.1. The summed E-state index contributed by atoms with van der Waals surface area (Å²) in [6.45, 7) is 1.50. The van der Waals surface area contributed by atoms with Crippen molar-refractivity contribution >= 4 is 28.7 Å². The van der Waals surface area contributed by atoms with Gasteiger partial charge in [0.05, 0.1) is 13.5 Å². The summed E-state index contributed by atoms with van der Waals surface area (Å²) in [4.78, 5) is 34.0. The fourth-order valence-electron chi connectivity index (χ4n) is 1.75. The van der Waals surface area contributed by atoms with Crippen LogP contribution in [-0.2, 0) is 25.1 Å². The molecule has 0 aromatic rings. The Morgan fingerprint density at radius 3 is 2.40 bits per heavy atom. The number of ether oxygens (including phenoxy) is 1. The van der Waals surface area contributed by atoms with Gasteiger partial charge in [-0.2, -0.15) is 0 Å². The zero-order valence-corrected chi connectivity index (χ0v) is 12.7. The molecule has 1 rings (SSSR count). The number of esters is 1. The summed E-state index contributed by atoms with van der Waals surface area (Å²) in [5.74, 6) is -0.650. The van der Waals surface area contributed by atoms with Crippen molar-refractivity contribution in [3.8, 4) is 0 Å². The van der Waals surface area contributed by atoms with E-state index in [4.69, 9.17) is 0 Å². The number of nitrogens with one attached hydrogen (secondary N) is 2. The van der Waals surface area contributed by atoms with Crippen molar-refractivity contribution in [3.05, 3.63) is 0 Å². The van der Waals surface area contributed by atoms with Crippen LogP contribution in [0.25, 0.3) is 0 Å². The van der Waals surface area contributed by atoms with Crippen molar-refractivity contribution in [2.45, 2.75) is 31.4 Å². The fourth-order valence-corrected chi connectivity index (χ4v) is 3.29. The van der Waals surface area contributed by atoms with E-state index in [1.165, 1.54) is 21.1 Å². The van der Waals surface area contributed by atoms with Crippen LogP contribution >= 0.6 is 0 Å². The van der Waals surface area contributed by atoms with Crippen molar-refractivity contribution < 1.29 is 23.3 Å². The van der Waals surface area contributed by atoms with Gasteiger partial charge < -0.3 is 10.1 Å². The Kier molecular flexibility index (Phi) is 5.67. The van der Waals surface area contributed by atoms with Gasteiger partial charge >= 0.3 is 12.0 Å². The van der Waals surface area contributed by atoms with Crippen molar-refractivity contribution in [1.29, 1.82) is 0 Å². The van der Waals surface area contributed by atoms with Gasteiger partial charge in [-0.05, 0) is 25.2 Å². The molecule has 0 aliphatic heterocycles. The zero-order chi connectivity index (χ0) is 15.3. The topological polar surface area (TPSA) is 102 Å². The van der Waals surface area contributed by atoms with E-state index in [1.54, 1.807) is 0 Å². The number of imide groups is 1. The number of amides is 3. The highest BCUT2D eigenvalue weighted by Crippen LogP contribution is 2.49. The normalized spacial score (nSPS) is 18.6. The Morgan fingerprint density at radius 2 is 1.95 bits per heavy atom. The molecule has 1 fully saturated rings. The average molecular weight is 304 g/mol. The van der Waals surface area contributed by atoms with Crippen LogP contribution < -0.4 is 10.6 Å². The maximum atomic E-state index is 12.1. The smallest absolute Gasteiger partial charge is 0.321 e. The van der Waals surface area contributed by atoms with Crippen molar-refractivity contribution in [1.82, 2.24) is 10.6 Å². The molecule has 2 atom stereocenters. The second-order valence-electron chi connectivity index (χ2n) is 4.99. The predicted molar refractivity (Wildman–Crippen MR) is 73.4 cm³/mol. The quantitative estimate of drug-likeness (QED) is 0.668. The Hall–Kier alpha value is -1.44.